The van der Waals surface area contributed by atoms with E-state index in [4.69, 9.17) is 4.74 Å². The van der Waals surface area contributed by atoms with E-state index in [0.717, 1.165) is 62.8 Å². The highest BCUT2D eigenvalue weighted by atomic mass is 127. The molecule has 0 aliphatic carbocycles. The van der Waals surface area contributed by atoms with Gasteiger partial charge in [-0.3, -0.25) is 4.99 Å². The Kier molecular flexibility index (Phi) is 8.74. The number of aliphatic imine (C=N–C) groups is 1. The Morgan fingerprint density at radius 3 is 2.79 bits per heavy atom. The SMILES string of the molecule is CCNC(=NCCNS(=O)(=O)c1cc(C)ccc1C)N1CCC2(CCOC2)C1.I. The van der Waals surface area contributed by atoms with Gasteiger partial charge in [0.1, 0.15) is 0 Å². The summed E-state index contributed by atoms with van der Waals surface area (Å²) in [6.07, 6.45) is 2.23. The number of ether oxygens (including phenoxy) is 1. The largest absolute Gasteiger partial charge is 0.381 e. The Balaban J connectivity index is 0.00000300. The van der Waals surface area contributed by atoms with Crippen molar-refractivity contribution in [3.63, 3.8) is 0 Å². The highest BCUT2D eigenvalue weighted by Gasteiger charge is 2.42. The summed E-state index contributed by atoms with van der Waals surface area (Å²) in [5, 5.41) is 3.33. The lowest BCUT2D eigenvalue weighted by molar-refractivity contribution is 0.156. The van der Waals surface area contributed by atoms with Crippen LogP contribution in [0.25, 0.3) is 0 Å². The van der Waals surface area contributed by atoms with E-state index in [1.54, 1.807) is 6.07 Å². The van der Waals surface area contributed by atoms with Crippen LogP contribution in [0.4, 0.5) is 0 Å². The van der Waals surface area contributed by atoms with Gasteiger partial charge in [0.25, 0.3) is 0 Å². The number of likely N-dealkylation sites (tertiary alicyclic amines) is 1. The first kappa shape index (κ1) is 24.4. The fourth-order valence-electron chi connectivity index (χ4n) is 3.93. The van der Waals surface area contributed by atoms with Crippen molar-refractivity contribution in [2.75, 3.05) is 45.9 Å². The molecule has 9 heteroatoms. The molecule has 7 nitrogen and oxygen atoms in total. The Morgan fingerprint density at radius 1 is 1.31 bits per heavy atom. The van der Waals surface area contributed by atoms with Crippen LogP contribution in [0.3, 0.4) is 0 Å². The molecule has 0 saturated carbocycles. The molecule has 1 atom stereocenters. The molecule has 1 unspecified atom stereocenters. The van der Waals surface area contributed by atoms with E-state index < -0.39 is 10.0 Å². The van der Waals surface area contributed by atoms with Crippen molar-refractivity contribution in [1.82, 2.24) is 14.9 Å². The Labute approximate surface area is 191 Å². The molecule has 1 aromatic rings. The Morgan fingerprint density at radius 2 is 2.10 bits per heavy atom. The second-order valence-electron chi connectivity index (χ2n) is 7.88. The van der Waals surface area contributed by atoms with Crippen LogP contribution in [0.5, 0.6) is 0 Å². The minimum absolute atomic E-state index is 0. The van der Waals surface area contributed by atoms with Crippen molar-refractivity contribution in [2.45, 2.75) is 38.5 Å². The van der Waals surface area contributed by atoms with Gasteiger partial charge in [0.15, 0.2) is 5.96 Å². The molecule has 1 aromatic carbocycles. The summed E-state index contributed by atoms with van der Waals surface area (Å²) < 4.78 is 33.5. The number of benzene rings is 1. The third kappa shape index (κ3) is 6.05. The zero-order chi connectivity index (χ0) is 20.2. The molecule has 0 bridgehead atoms. The third-order valence-electron chi connectivity index (χ3n) is 5.56. The molecule has 2 saturated heterocycles. The van der Waals surface area contributed by atoms with Crippen LogP contribution in [-0.4, -0.2) is 65.2 Å². The van der Waals surface area contributed by atoms with Crippen LogP contribution in [0.15, 0.2) is 28.1 Å². The first-order valence-electron chi connectivity index (χ1n) is 10.0. The maximum atomic E-state index is 12.6. The van der Waals surface area contributed by atoms with Crippen LogP contribution >= 0.6 is 24.0 Å². The van der Waals surface area contributed by atoms with E-state index >= 15 is 0 Å². The number of hydrogen-bond acceptors (Lipinski definition) is 4. The van der Waals surface area contributed by atoms with Gasteiger partial charge in [-0.05, 0) is 50.8 Å². The molecule has 3 rings (SSSR count). The zero-order valence-corrected chi connectivity index (χ0v) is 20.7. The second-order valence-corrected chi connectivity index (χ2v) is 9.61. The van der Waals surface area contributed by atoms with Crippen molar-refractivity contribution in [3.8, 4) is 0 Å². The molecule has 2 aliphatic rings. The van der Waals surface area contributed by atoms with Gasteiger partial charge in [-0.2, -0.15) is 0 Å². The van der Waals surface area contributed by atoms with Gasteiger partial charge >= 0.3 is 0 Å². The van der Waals surface area contributed by atoms with Crippen molar-refractivity contribution < 1.29 is 13.2 Å². The molecule has 0 aromatic heterocycles. The van der Waals surface area contributed by atoms with Crippen LogP contribution < -0.4 is 10.0 Å². The van der Waals surface area contributed by atoms with Gasteiger partial charge in [0, 0.05) is 38.2 Å². The number of sulfonamides is 1. The van der Waals surface area contributed by atoms with E-state index in [2.05, 4.69) is 19.9 Å². The third-order valence-corrected chi connectivity index (χ3v) is 7.16. The van der Waals surface area contributed by atoms with Gasteiger partial charge in [0.2, 0.25) is 10.0 Å². The monoisotopic (exact) mass is 536 g/mol. The number of rotatable bonds is 6. The minimum Gasteiger partial charge on any atom is -0.381 e. The summed E-state index contributed by atoms with van der Waals surface area (Å²) in [6.45, 7) is 10.8. The molecule has 0 amide bonds. The van der Waals surface area contributed by atoms with E-state index in [1.807, 2.05) is 32.9 Å². The maximum Gasteiger partial charge on any atom is 0.240 e. The van der Waals surface area contributed by atoms with E-state index in [-0.39, 0.29) is 35.9 Å². The average Bonchev–Trinajstić information content (AvgIpc) is 3.30. The fraction of sp³-hybridized carbons (Fsp3) is 0.650. The fourth-order valence-corrected chi connectivity index (χ4v) is 5.28. The van der Waals surface area contributed by atoms with E-state index in [0.29, 0.717) is 11.4 Å². The number of nitrogens with zero attached hydrogens (tertiary/aromatic N) is 2. The first-order chi connectivity index (χ1) is 13.4. The Hall–Kier alpha value is -0.910. The number of guanidine groups is 1. The summed E-state index contributed by atoms with van der Waals surface area (Å²) in [5.41, 5.74) is 1.94. The summed E-state index contributed by atoms with van der Waals surface area (Å²) in [6, 6.07) is 5.46. The molecule has 2 heterocycles. The molecule has 0 radical (unpaired) electrons. The van der Waals surface area contributed by atoms with E-state index in [9.17, 15) is 8.42 Å². The highest BCUT2D eigenvalue weighted by molar-refractivity contribution is 14.0. The lowest BCUT2D eigenvalue weighted by Gasteiger charge is -2.25. The number of hydrogen-bond donors (Lipinski definition) is 2. The lowest BCUT2D eigenvalue weighted by Crippen LogP contribution is -2.42. The van der Waals surface area contributed by atoms with Crippen LogP contribution in [0.2, 0.25) is 0 Å². The molecule has 2 aliphatic heterocycles. The predicted molar refractivity (Wildman–Crippen MR) is 127 cm³/mol. The van der Waals surface area contributed by atoms with Crippen molar-refractivity contribution in [1.29, 1.82) is 0 Å². The van der Waals surface area contributed by atoms with Crippen molar-refractivity contribution in [3.05, 3.63) is 29.3 Å². The normalized spacial score (nSPS) is 22.2. The summed E-state index contributed by atoms with van der Waals surface area (Å²) in [4.78, 5) is 7.26. The van der Waals surface area contributed by atoms with Crippen molar-refractivity contribution >= 4 is 40.0 Å². The standard InChI is InChI=1S/C20H32N4O3S.HI/c1-4-21-19(24-11-7-20(14-24)8-12-27-15-20)22-9-10-23-28(25,26)18-13-16(2)5-6-17(18)3;/h5-6,13,23H,4,7-12,14-15H2,1-3H3,(H,21,22);1H. The van der Waals surface area contributed by atoms with Crippen LogP contribution in [0.1, 0.15) is 30.9 Å². The first-order valence-corrected chi connectivity index (χ1v) is 11.5. The maximum absolute atomic E-state index is 12.6. The van der Waals surface area contributed by atoms with Gasteiger partial charge in [0.05, 0.1) is 18.0 Å². The molecule has 2 fully saturated rings. The average molecular weight is 536 g/mol. The smallest absolute Gasteiger partial charge is 0.240 e. The quantitative estimate of drug-likeness (QED) is 0.252. The number of halogens is 1. The minimum atomic E-state index is -3.53. The van der Waals surface area contributed by atoms with Crippen LogP contribution in [-0.2, 0) is 14.8 Å². The van der Waals surface area contributed by atoms with Gasteiger partial charge in [-0.1, -0.05) is 12.1 Å². The Bertz CT molecular complexity index is 823. The topological polar surface area (TPSA) is 83.0 Å². The molecule has 164 valence electrons. The van der Waals surface area contributed by atoms with Gasteiger partial charge < -0.3 is 15.0 Å². The highest BCUT2D eigenvalue weighted by Crippen LogP contribution is 2.38. The summed E-state index contributed by atoms with van der Waals surface area (Å²) in [7, 11) is -3.53. The van der Waals surface area contributed by atoms with Gasteiger partial charge in [-0.25, -0.2) is 13.1 Å². The zero-order valence-electron chi connectivity index (χ0n) is 17.5. The van der Waals surface area contributed by atoms with Gasteiger partial charge in [-0.15, -0.1) is 24.0 Å². The van der Waals surface area contributed by atoms with E-state index in [1.165, 1.54) is 0 Å². The van der Waals surface area contributed by atoms with Crippen LogP contribution in [0, 0.1) is 19.3 Å². The number of aryl methyl sites for hydroxylation is 2. The molecular formula is C20H33IN4O3S. The number of nitrogens with one attached hydrogen (secondary N) is 2. The lowest BCUT2D eigenvalue weighted by atomic mass is 9.87. The predicted octanol–water partition coefficient (Wildman–Crippen LogP) is 2.28. The molecule has 29 heavy (non-hydrogen) atoms. The summed E-state index contributed by atoms with van der Waals surface area (Å²) >= 11 is 0. The summed E-state index contributed by atoms with van der Waals surface area (Å²) in [5.74, 6) is 0.859. The van der Waals surface area contributed by atoms with Crippen molar-refractivity contribution in [2.24, 2.45) is 10.4 Å². The molecule has 2 N–H and O–H groups in total. The molecule has 1 spiro atoms. The molecular weight excluding hydrogens is 503 g/mol. The second kappa shape index (κ2) is 10.4.